The Hall–Kier alpha value is -1.62. The molecular weight excluding hydrogens is 276 g/mol. The van der Waals surface area contributed by atoms with Crippen molar-refractivity contribution in [3.63, 3.8) is 0 Å². The number of hydrogen-bond acceptors (Lipinski definition) is 3. The lowest BCUT2D eigenvalue weighted by Gasteiger charge is -2.13. The lowest BCUT2D eigenvalue weighted by molar-refractivity contribution is -0.0513. The first-order valence-corrected chi connectivity index (χ1v) is 6.93. The third-order valence-corrected chi connectivity index (χ3v) is 2.79. The van der Waals surface area contributed by atoms with Gasteiger partial charge in [0.2, 0.25) is 0 Å². The summed E-state index contributed by atoms with van der Waals surface area (Å²) in [7, 11) is 1.43. The van der Waals surface area contributed by atoms with Crippen LogP contribution in [0.15, 0.2) is 23.8 Å². The van der Waals surface area contributed by atoms with Crippen LogP contribution in [0.1, 0.15) is 26.3 Å². The molecule has 0 radical (unpaired) electrons. The van der Waals surface area contributed by atoms with E-state index in [1.165, 1.54) is 7.11 Å². The zero-order valence-corrected chi connectivity index (χ0v) is 13.0. The minimum Gasteiger partial charge on any atom is -0.493 e. The fourth-order valence-corrected chi connectivity index (χ4v) is 1.90. The highest BCUT2D eigenvalue weighted by Gasteiger charge is 2.14. The van der Waals surface area contributed by atoms with Gasteiger partial charge in [-0.3, -0.25) is 0 Å². The molecule has 0 fully saturated rings. The molecule has 0 aliphatic carbocycles. The first-order chi connectivity index (χ1) is 9.93. The second-order valence-electron chi connectivity index (χ2n) is 5.27. The Labute approximate surface area is 124 Å². The fraction of sp³-hybridized carbons (Fsp3) is 0.500. The molecule has 0 unspecified atom stereocenters. The highest BCUT2D eigenvalue weighted by atomic mass is 19.3. The van der Waals surface area contributed by atoms with Crippen molar-refractivity contribution >= 4 is 6.08 Å². The molecule has 0 saturated carbocycles. The molecule has 0 bridgehead atoms. The Bertz CT molecular complexity index is 473. The first kappa shape index (κ1) is 17.4. The van der Waals surface area contributed by atoms with Crippen LogP contribution in [0.4, 0.5) is 8.78 Å². The summed E-state index contributed by atoms with van der Waals surface area (Å²) in [6.07, 6.45) is 1.83. The Kier molecular flexibility index (Phi) is 7.15. The van der Waals surface area contributed by atoms with Crippen molar-refractivity contribution < 1.29 is 18.3 Å². The highest BCUT2D eigenvalue weighted by Crippen LogP contribution is 2.33. The predicted octanol–water partition coefficient (Wildman–Crippen LogP) is 3.95. The molecule has 21 heavy (non-hydrogen) atoms. The minimum atomic E-state index is -2.88. The number of halogens is 2. The number of benzene rings is 1. The number of hydrogen-bond donors (Lipinski definition) is 1. The van der Waals surface area contributed by atoms with Crippen LogP contribution in [0.2, 0.25) is 0 Å². The van der Waals surface area contributed by atoms with Crippen LogP contribution < -0.4 is 14.8 Å². The number of nitrogens with one attached hydrogen (secondary N) is 1. The average molecular weight is 299 g/mol. The molecule has 0 atom stereocenters. The Balaban J connectivity index is 2.90. The maximum Gasteiger partial charge on any atom is 0.387 e. The van der Waals surface area contributed by atoms with Gasteiger partial charge in [-0.2, -0.15) is 8.78 Å². The van der Waals surface area contributed by atoms with Gasteiger partial charge in [0.15, 0.2) is 11.5 Å². The van der Waals surface area contributed by atoms with Crippen molar-refractivity contribution in [2.45, 2.75) is 27.4 Å². The van der Waals surface area contributed by atoms with Crippen molar-refractivity contribution in [2.24, 2.45) is 5.92 Å². The van der Waals surface area contributed by atoms with E-state index in [2.05, 4.69) is 23.9 Å². The first-order valence-electron chi connectivity index (χ1n) is 6.93. The molecule has 118 valence electrons. The molecule has 1 aromatic rings. The topological polar surface area (TPSA) is 30.5 Å². The van der Waals surface area contributed by atoms with Crippen molar-refractivity contribution in [3.05, 3.63) is 29.3 Å². The number of rotatable bonds is 8. The monoisotopic (exact) mass is 299 g/mol. The van der Waals surface area contributed by atoms with Crippen LogP contribution >= 0.6 is 0 Å². The summed E-state index contributed by atoms with van der Waals surface area (Å²) in [6, 6.07) is 5.07. The van der Waals surface area contributed by atoms with Crippen LogP contribution in [0.25, 0.3) is 6.08 Å². The van der Waals surface area contributed by atoms with Crippen LogP contribution in [0, 0.1) is 5.92 Å². The van der Waals surface area contributed by atoms with Crippen molar-refractivity contribution in [2.75, 3.05) is 20.2 Å². The van der Waals surface area contributed by atoms with Gasteiger partial charge < -0.3 is 14.8 Å². The van der Waals surface area contributed by atoms with E-state index >= 15 is 0 Å². The van der Waals surface area contributed by atoms with Gasteiger partial charge in [-0.15, -0.1) is 0 Å². The van der Waals surface area contributed by atoms with Gasteiger partial charge in [-0.1, -0.05) is 37.6 Å². The molecule has 0 aromatic heterocycles. The smallest absolute Gasteiger partial charge is 0.387 e. The summed E-state index contributed by atoms with van der Waals surface area (Å²) >= 11 is 0. The van der Waals surface area contributed by atoms with Crippen LogP contribution in [-0.4, -0.2) is 26.8 Å². The standard InChI is InChI=1S/C16H23F2NO2/c1-11(2)9-19-10-12(3)8-13-6-5-7-14(20-4)15(13)21-16(17)18/h5-8,11,16,19H,9-10H2,1-4H3. The molecular formula is C16H23F2NO2. The summed E-state index contributed by atoms with van der Waals surface area (Å²) in [5, 5.41) is 3.31. The molecule has 0 heterocycles. The normalized spacial score (nSPS) is 12.1. The summed E-state index contributed by atoms with van der Waals surface area (Å²) in [5.74, 6) is 0.928. The van der Waals surface area contributed by atoms with Crippen molar-refractivity contribution in [1.82, 2.24) is 5.32 Å². The van der Waals surface area contributed by atoms with E-state index in [0.29, 0.717) is 23.8 Å². The van der Waals surface area contributed by atoms with Crippen LogP contribution in [-0.2, 0) is 0 Å². The molecule has 1 N–H and O–H groups in total. The van der Waals surface area contributed by atoms with E-state index < -0.39 is 6.61 Å². The molecule has 0 aliphatic rings. The third-order valence-electron chi connectivity index (χ3n) is 2.79. The molecule has 1 aromatic carbocycles. The SMILES string of the molecule is COc1cccc(C=C(C)CNCC(C)C)c1OC(F)F. The van der Waals surface area contributed by atoms with Gasteiger partial charge in [-0.25, -0.2) is 0 Å². The molecule has 0 spiro atoms. The number of para-hydroxylation sites is 1. The van der Waals surface area contributed by atoms with Gasteiger partial charge in [0.1, 0.15) is 0 Å². The van der Waals surface area contributed by atoms with Crippen LogP contribution in [0.5, 0.6) is 11.5 Å². The second kappa shape index (κ2) is 8.62. The van der Waals surface area contributed by atoms with E-state index in [-0.39, 0.29) is 5.75 Å². The molecule has 0 amide bonds. The zero-order valence-electron chi connectivity index (χ0n) is 13.0. The van der Waals surface area contributed by atoms with Gasteiger partial charge in [0.05, 0.1) is 7.11 Å². The average Bonchev–Trinajstić information content (AvgIpc) is 2.39. The second-order valence-corrected chi connectivity index (χ2v) is 5.27. The summed E-state index contributed by atoms with van der Waals surface area (Å²) in [4.78, 5) is 0. The summed E-state index contributed by atoms with van der Waals surface area (Å²) in [6.45, 7) is 4.92. The van der Waals surface area contributed by atoms with Gasteiger partial charge in [0, 0.05) is 12.1 Å². The quantitative estimate of drug-likeness (QED) is 0.788. The van der Waals surface area contributed by atoms with Gasteiger partial charge in [-0.05, 0) is 25.5 Å². The minimum absolute atomic E-state index is 0.0678. The highest BCUT2D eigenvalue weighted by molar-refractivity contribution is 5.64. The molecule has 0 aliphatic heterocycles. The lowest BCUT2D eigenvalue weighted by Crippen LogP contribution is -2.21. The van der Waals surface area contributed by atoms with E-state index in [1.54, 1.807) is 18.2 Å². The number of alkyl halides is 2. The zero-order chi connectivity index (χ0) is 15.8. The van der Waals surface area contributed by atoms with E-state index in [1.807, 2.05) is 13.0 Å². The number of ether oxygens (including phenoxy) is 2. The van der Waals surface area contributed by atoms with Crippen LogP contribution in [0.3, 0.4) is 0 Å². The molecule has 3 nitrogen and oxygen atoms in total. The fourth-order valence-electron chi connectivity index (χ4n) is 1.90. The Morgan fingerprint density at radius 1 is 1.33 bits per heavy atom. The molecule has 1 rings (SSSR count). The van der Waals surface area contributed by atoms with Gasteiger partial charge in [0.25, 0.3) is 0 Å². The third kappa shape index (κ3) is 6.12. The maximum absolute atomic E-state index is 12.5. The Morgan fingerprint density at radius 3 is 2.62 bits per heavy atom. The summed E-state index contributed by atoms with van der Waals surface area (Å²) in [5.41, 5.74) is 1.61. The number of methoxy groups -OCH3 is 1. The molecule has 5 heteroatoms. The lowest BCUT2D eigenvalue weighted by atomic mass is 10.1. The maximum atomic E-state index is 12.5. The largest absolute Gasteiger partial charge is 0.493 e. The van der Waals surface area contributed by atoms with Crippen molar-refractivity contribution in [3.8, 4) is 11.5 Å². The van der Waals surface area contributed by atoms with E-state index in [0.717, 1.165) is 12.1 Å². The predicted molar refractivity (Wildman–Crippen MR) is 81.0 cm³/mol. The van der Waals surface area contributed by atoms with Crippen molar-refractivity contribution in [1.29, 1.82) is 0 Å². The summed E-state index contributed by atoms with van der Waals surface area (Å²) < 4.78 is 34.7. The van der Waals surface area contributed by atoms with Gasteiger partial charge >= 0.3 is 6.61 Å². The Morgan fingerprint density at radius 2 is 2.05 bits per heavy atom. The molecule has 0 saturated heterocycles. The van der Waals surface area contributed by atoms with E-state index in [4.69, 9.17) is 4.74 Å². The van der Waals surface area contributed by atoms with E-state index in [9.17, 15) is 8.78 Å².